The molecule has 0 aliphatic heterocycles. The molecular weight excluding hydrogens is 228 g/mol. The summed E-state index contributed by atoms with van der Waals surface area (Å²) in [6.45, 7) is 2.49. The third-order valence-corrected chi connectivity index (χ3v) is 2.48. The van der Waals surface area contributed by atoms with Crippen LogP contribution >= 0.6 is 0 Å². The number of hydrogen-bond acceptors (Lipinski definition) is 5. The van der Waals surface area contributed by atoms with Crippen molar-refractivity contribution in [2.24, 2.45) is 0 Å². The van der Waals surface area contributed by atoms with Crippen molar-refractivity contribution in [2.75, 3.05) is 6.54 Å². The average Bonchev–Trinajstić information content (AvgIpc) is 2.92. The van der Waals surface area contributed by atoms with Crippen molar-refractivity contribution in [1.82, 2.24) is 25.3 Å². The zero-order valence-corrected chi connectivity index (χ0v) is 9.95. The van der Waals surface area contributed by atoms with E-state index in [9.17, 15) is 0 Å². The third kappa shape index (κ3) is 3.64. The fourth-order valence-corrected chi connectivity index (χ4v) is 1.60. The molecule has 0 aromatic carbocycles. The molecule has 0 aliphatic carbocycles. The standard InChI is InChI=1S/C12H14N6/c13-9-12-8-11(2-4-15-12)10-14-3-1-6-18-7-5-16-17-18/h2,4-5,7-8,14H,1,3,6,10H2. The van der Waals surface area contributed by atoms with Crippen molar-refractivity contribution < 1.29 is 0 Å². The number of pyridine rings is 1. The molecule has 0 unspecified atom stereocenters. The SMILES string of the molecule is N#Cc1cc(CNCCCn2ccnn2)ccn1. The van der Waals surface area contributed by atoms with Gasteiger partial charge in [-0.05, 0) is 30.7 Å². The lowest BCUT2D eigenvalue weighted by Crippen LogP contribution is -2.16. The molecule has 0 bridgehead atoms. The third-order valence-electron chi connectivity index (χ3n) is 2.48. The lowest BCUT2D eigenvalue weighted by Gasteiger charge is -2.04. The summed E-state index contributed by atoms with van der Waals surface area (Å²) in [5.41, 5.74) is 1.53. The predicted octanol–water partition coefficient (Wildman–Crippen LogP) is 0.725. The summed E-state index contributed by atoms with van der Waals surface area (Å²) in [5.74, 6) is 0. The molecular formula is C12H14N6. The number of hydrogen-bond donors (Lipinski definition) is 1. The Bertz CT molecular complexity index is 514. The molecule has 6 heteroatoms. The zero-order valence-electron chi connectivity index (χ0n) is 9.95. The summed E-state index contributed by atoms with van der Waals surface area (Å²) in [5, 5.41) is 19.7. The van der Waals surface area contributed by atoms with Gasteiger partial charge in [0.25, 0.3) is 0 Å². The van der Waals surface area contributed by atoms with E-state index in [1.807, 2.05) is 23.0 Å². The van der Waals surface area contributed by atoms with Crippen LogP contribution in [0.1, 0.15) is 17.7 Å². The first-order valence-electron chi connectivity index (χ1n) is 5.78. The molecule has 92 valence electrons. The van der Waals surface area contributed by atoms with Gasteiger partial charge in [-0.3, -0.25) is 4.68 Å². The van der Waals surface area contributed by atoms with Crippen LogP contribution in [0.25, 0.3) is 0 Å². The van der Waals surface area contributed by atoms with E-state index in [2.05, 4.69) is 20.6 Å². The summed E-state index contributed by atoms with van der Waals surface area (Å²) in [7, 11) is 0. The van der Waals surface area contributed by atoms with E-state index >= 15 is 0 Å². The topological polar surface area (TPSA) is 79.4 Å². The monoisotopic (exact) mass is 242 g/mol. The van der Waals surface area contributed by atoms with Crippen molar-refractivity contribution in [3.63, 3.8) is 0 Å². The minimum Gasteiger partial charge on any atom is -0.313 e. The molecule has 2 heterocycles. The molecule has 2 aromatic rings. The molecule has 2 aromatic heterocycles. The molecule has 0 saturated carbocycles. The van der Waals surface area contributed by atoms with Crippen LogP contribution in [-0.2, 0) is 13.1 Å². The molecule has 1 N–H and O–H groups in total. The molecule has 0 radical (unpaired) electrons. The van der Waals surface area contributed by atoms with Crippen molar-refractivity contribution in [1.29, 1.82) is 5.26 Å². The van der Waals surface area contributed by atoms with Gasteiger partial charge in [-0.1, -0.05) is 5.21 Å². The van der Waals surface area contributed by atoms with Crippen LogP contribution in [0.5, 0.6) is 0 Å². The molecule has 6 nitrogen and oxygen atoms in total. The van der Waals surface area contributed by atoms with Gasteiger partial charge in [-0.15, -0.1) is 5.10 Å². The predicted molar refractivity (Wildman–Crippen MR) is 65.3 cm³/mol. The largest absolute Gasteiger partial charge is 0.313 e. The van der Waals surface area contributed by atoms with Crippen LogP contribution in [0, 0.1) is 11.3 Å². The Morgan fingerprint density at radius 1 is 1.39 bits per heavy atom. The Hall–Kier alpha value is -2.26. The van der Waals surface area contributed by atoms with E-state index in [0.29, 0.717) is 5.69 Å². The highest BCUT2D eigenvalue weighted by Gasteiger charge is 1.96. The zero-order chi connectivity index (χ0) is 12.6. The number of nitrogens with one attached hydrogen (secondary N) is 1. The van der Waals surface area contributed by atoms with Crippen LogP contribution in [0.3, 0.4) is 0 Å². The highest BCUT2D eigenvalue weighted by atomic mass is 15.4. The molecule has 0 atom stereocenters. The number of aromatic nitrogens is 4. The number of rotatable bonds is 6. The Balaban J connectivity index is 1.67. The second-order valence-corrected chi connectivity index (χ2v) is 3.86. The van der Waals surface area contributed by atoms with Crippen LogP contribution in [0.15, 0.2) is 30.7 Å². The highest BCUT2D eigenvalue weighted by Crippen LogP contribution is 2.00. The van der Waals surface area contributed by atoms with Crippen LogP contribution in [0.2, 0.25) is 0 Å². The normalized spacial score (nSPS) is 10.2. The summed E-state index contributed by atoms with van der Waals surface area (Å²) < 4.78 is 1.81. The van der Waals surface area contributed by atoms with Crippen molar-refractivity contribution in [2.45, 2.75) is 19.5 Å². The van der Waals surface area contributed by atoms with Gasteiger partial charge in [0.05, 0.1) is 6.20 Å². The Morgan fingerprint density at radius 2 is 2.33 bits per heavy atom. The Morgan fingerprint density at radius 3 is 3.11 bits per heavy atom. The van der Waals surface area contributed by atoms with Crippen molar-refractivity contribution in [3.05, 3.63) is 42.0 Å². The van der Waals surface area contributed by atoms with Crippen LogP contribution < -0.4 is 5.32 Å². The van der Waals surface area contributed by atoms with Crippen LogP contribution in [0.4, 0.5) is 0 Å². The molecule has 18 heavy (non-hydrogen) atoms. The maximum atomic E-state index is 8.73. The quantitative estimate of drug-likeness (QED) is 0.755. The minimum atomic E-state index is 0.455. The second-order valence-electron chi connectivity index (χ2n) is 3.86. The van der Waals surface area contributed by atoms with Gasteiger partial charge in [0.2, 0.25) is 0 Å². The Kier molecular flexibility index (Phi) is 4.39. The smallest absolute Gasteiger partial charge is 0.140 e. The van der Waals surface area contributed by atoms with Gasteiger partial charge < -0.3 is 5.32 Å². The molecule has 2 rings (SSSR count). The molecule has 0 saturated heterocycles. The van der Waals surface area contributed by atoms with E-state index in [1.54, 1.807) is 18.5 Å². The lowest BCUT2D eigenvalue weighted by molar-refractivity contribution is 0.530. The summed E-state index contributed by atoms with van der Waals surface area (Å²) >= 11 is 0. The number of nitrogens with zero attached hydrogens (tertiary/aromatic N) is 5. The van der Waals surface area contributed by atoms with Crippen molar-refractivity contribution in [3.8, 4) is 6.07 Å². The van der Waals surface area contributed by atoms with Gasteiger partial charge in [0.1, 0.15) is 11.8 Å². The fraction of sp³-hybridized carbons (Fsp3) is 0.333. The fourth-order valence-electron chi connectivity index (χ4n) is 1.60. The van der Waals surface area contributed by atoms with Gasteiger partial charge >= 0.3 is 0 Å². The first kappa shape index (κ1) is 12.2. The van der Waals surface area contributed by atoms with Gasteiger partial charge in [-0.2, -0.15) is 5.26 Å². The van der Waals surface area contributed by atoms with Gasteiger partial charge in [0.15, 0.2) is 0 Å². The highest BCUT2D eigenvalue weighted by molar-refractivity contribution is 5.25. The van der Waals surface area contributed by atoms with E-state index in [1.165, 1.54) is 0 Å². The van der Waals surface area contributed by atoms with Crippen LogP contribution in [-0.4, -0.2) is 26.5 Å². The summed E-state index contributed by atoms with van der Waals surface area (Å²) in [6.07, 6.45) is 6.17. The number of nitriles is 1. The maximum Gasteiger partial charge on any atom is 0.140 e. The number of aryl methyl sites for hydroxylation is 1. The summed E-state index contributed by atoms with van der Waals surface area (Å²) in [6, 6.07) is 5.73. The molecule has 0 aliphatic rings. The molecule has 0 spiro atoms. The lowest BCUT2D eigenvalue weighted by atomic mass is 10.2. The Labute approximate surface area is 105 Å². The second kappa shape index (κ2) is 6.47. The van der Waals surface area contributed by atoms with E-state index < -0.39 is 0 Å². The van der Waals surface area contributed by atoms with E-state index in [4.69, 9.17) is 5.26 Å². The van der Waals surface area contributed by atoms with Gasteiger partial charge in [-0.25, -0.2) is 4.98 Å². The molecule has 0 fully saturated rings. The summed E-state index contributed by atoms with van der Waals surface area (Å²) in [4.78, 5) is 3.93. The van der Waals surface area contributed by atoms with E-state index in [-0.39, 0.29) is 0 Å². The first-order chi connectivity index (χ1) is 8.88. The van der Waals surface area contributed by atoms with Crippen molar-refractivity contribution >= 4 is 0 Å². The molecule has 0 amide bonds. The van der Waals surface area contributed by atoms with E-state index in [0.717, 1.165) is 31.6 Å². The average molecular weight is 242 g/mol. The first-order valence-corrected chi connectivity index (χ1v) is 5.78. The maximum absolute atomic E-state index is 8.73. The minimum absolute atomic E-state index is 0.455. The van der Waals surface area contributed by atoms with Gasteiger partial charge in [0, 0.05) is 25.5 Å².